The van der Waals surface area contributed by atoms with Gasteiger partial charge < -0.3 is 5.11 Å². The molecule has 0 spiro atoms. The topological polar surface area (TPSA) is 55.1 Å². The van der Waals surface area contributed by atoms with E-state index in [4.69, 9.17) is 0 Å². The van der Waals surface area contributed by atoms with Crippen LogP contribution in [-0.4, -0.2) is 20.9 Å². The summed E-state index contributed by atoms with van der Waals surface area (Å²) < 4.78 is 1.73. The summed E-state index contributed by atoms with van der Waals surface area (Å²) in [5, 5.41) is 13.9. The summed E-state index contributed by atoms with van der Waals surface area (Å²) in [6.45, 7) is 2.15. The Morgan fingerprint density at radius 1 is 1.71 bits per heavy atom. The molecule has 1 aromatic rings. The average molecular weight is 236 g/mol. The summed E-state index contributed by atoms with van der Waals surface area (Å²) in [6, 6.07) is 1.92. The summed E-state index contributed by atoms with van der Waals surface area (Å²) >= 11 is 0. The van der Waals surface area contributed by atoms with Crippen molar-refractivity contribution in [3.8, 4) is 0 Å². The van der Waals surface area contributed by atoms with Crippen LogP contribution < -0.4 is 0 Å². The van der Waals surface area contributed by atoms with E-state index in [1.807, 2.05) is 19.3 Å². The molecule has 1 aliphatic rings. The molecule has 2 rings (SSSR count). The van der Waals surface area contributed by atoms with Crippen molar-refractivity contribution in [2.75, 3.05) is 0 Å². The smallest absolute Gasteiger partial charge is 0.310 e. The van der Waals surface area contributed by atoms with E-state index in [9.17, 15) is 9.90 Å². The summed E-state index contributed by atoms with van der Waals surface area (Å²) in [7, 11) is 1.86. The Kier molecular flexibility index (Phi) is 3.22. The second-order valence-corrected chi connectivity index (χ2v) is 5.44. The second kappa shape index (κ2) is 4.51. The van der Waals surface area contributed by atoms with Crippen LogP contribution in [-0.2, 0) is 18.3 Å². The van der Waals surface area contributed by atoms with Gasteiger partial charge >= 0.3 is 5.97 Å². The minimum absolute atomic E-state index is 0.503. The number of aliphatic carboxylic acids is 1. The van der Waals surface area contributed by atoms with Gasteiger partial charge in [0.2, 0.25) is 0 Å². The molecule has 0 amide bonds. The highest BCUT2D eigenvalue weighted by molar-refractivity contribution is 5.75. The predicted molar refractivity (Wildman–Crippen MR) is 64.6 cm³/mol. The predicted octanol–water partition coefficient (Wildman–Crippen LogP) is 2.24. The lowest BCUT2D eigenvalue weighted by Gasteiger charge is -2.36. The summed E-state index contributed by atoms with van der Waals surface area (Å²) in [5.74, 6) is -0.154. The molecule has 17 heavy (non-hydrogen) atoms. The van der Waals surface area contributed by atoms with Crippen LogP contribution in [0.5, 0.6) is 0 Å². The zero-order valence-electron chi connectivity index (χ0n) is 10.5. The molecule has 0 radical (unpaired) electrons. The van der Waals surface area contributed by atoms with Crippen molar-refractivity contribution in [2.45, 2.75) is 39.0 Å². The first-order valence-corrected chi connectivity index (χ1v) is 6.24. The van der Waals surface area contributed by atoms with Crippen molar-refractivity contribution < 1.29 is 9.90 Å². The van der Waals surface area contributed by atoms with Crippen LogP contribution in [0.15, 0.2) is 12.3 Å². The molecule has 0 aromatic carbocycles. The standard InChI is InChI=1S/C13H20N2O2/c1-10-4-3-6-13(8-10,12(16)17)9-11-5-7-15(2)14-11/h5,7,10H,3-4,6,8-9H2,1-2H3,(H,16,17). The average Bonchev–Trinajstić information content (AvgIpc) is 2.63. The summed E-state index contributed by atoms with van der Waals surface area (Å²) in [6.07, 6.45) is 6.16. The maximum atomic E-state index is 11.6. The van der Waals surface area contributed by atoms with Gasteiger partial charge in [-0.05, 0) is 24.8 Å². The largest absolute Gasteiger partial charge is 0.481 e. The Labute approximate surface area is 102 Å². The number of rotatable bonds is 3. The van der Waals surface area contributed by atoms with Gasteiger partial charge in [-0.1, -0.05) is 19.8 Å². The lowest BCUT2D eigenvalue weighted by molar-refractivity contribution is -0.152. The molecule has 1 heterocycles. The molecule has 4 heteroatoms. The highest BCUT2D eigenvalue weighted by Crippen LogP contribution is 2.41. The highest BCUT2D eigenvalue weighted by atomic mass is 16.4. The van der Waals surface area contributed by atoms with E-state index in [0.717, 1.165) is 31.4 Å². The Morgan fingerprint density at radius 2 is 2.47 bits per heavy atom. The number of hydrogen-bond acceptors (Lipinski definition) is 2. The molecule has 0 saturated heterocycles. The Morgan fingerprint density at radius 3 is 3.00 bits per heavy atom. The van der Waals surface area contributed by atoms with Gasteiger partial charge in [0.05, 0.1) is 11.1 Å². The Bertz CT molecular complexity index is 413. The molecule has 4 nitrogen and oxygen atoms in total. The quantitative estimate of drug-likeness (QED) is 0.875. The zero-order chi connectivity index (χ0) is 12.5. The van der Waals surface area contributed by atoms with Gasteiger partial charge in [-0.15, -0.1) is 0 Å². The van der Waals surface area contributed by atoms with Gasteiger partial charge in [-0.2, -0.15) is 5.10 Å². The van der Waals surface area contributed by atoms with E-state index in [-0.39, 0.29) is 0 Å². The molecule has 1 fully saturated rings. The van der Waals surface area contributed by atoms with Gasteiger partial charge in [-0.3, -0.25) is 9.48 Å². The zero-order valence-corrected chi connectivity index (χ0v) is 10.5. The number of carbonyl (C=O) groups is 1. The van der Waals surface area contributed by atoms with E-state index in [0.29, 0.717) is 12.3 Å². The molecule has 94 valence electrons. The van der Waals surface area contributed by atoms with E-state index < -0.39 is 11.4 Å². The van der Waals surface area contributed by atoms with Crippen molar-refractivity contribution >= 4 is 5.97 Å². The number of carboxylic acids is 1. The maximum absolute atomic E-state index is 11.6. The van der Waals surface area contributed by atoms with Crippen molar-refractivity contribution in [1.82, 2.24) is 9.78 Å². The third-order valence-electron chi connectivity index (χ3n) is 3.83. The van der Waals surface area contributed by atoms with E-state index >= 15 is 0 Å². The number of hydrogen-bond donors (Lipinski definition) is 1. The van der Waals surface area contributed by atoms with Crippen LogP contribution in [0.1, 0.15) is 38.3 Å². The van der Waals surface area contributed by atoms with Gasteiger partial charge in [0.25, 0.3) is 0 Å². The fourth-order valence-corrected chi connectivity index (χ4v) is 2.99. The molecule has 1 saturated carbocycles. The monoisotopic (exact) mass is 236 g/mol. The lowest BCUT2D eigenvalue weighted by Crippen LogP contribution is -2.38. The van der Waals surface area contributed by atoms with E-state index in [2.05, 4.69) is 12.0 Å². The molecular formula is C13H20N2O2. The number of aromatic nitrogens is 2. The minimum Gasteiger partial charge on any atom is -0.481 e. The normalized spacial score (nSPS) is 29.2. The number of carboxylic acid groups (broad SMARTS) is 1. The second-order valence-electron chi connectivity index (χ2n) is 5.44. The minimum atomic E-state index is -0.658. The first-order chi connectivity index (χ1) is 8.02. The molecule has 1 N–H and O–H groups in total. The number of aryl methyl sites for hydroxylation is 1. The fraction of sp³-hybridized carbons (Fsp3) is 0.692. The molecule has 2 atom stereocenters. The molecule has 2 unspecified atom stereocenters. The van der Waals surface area contributed by atoms with Gasteiger partial charge in [0.1, 0.15) is 0 Å². The third-order valence-corrected chi connectivity index (χ3v) is 3.83. The van der Waals surface area contributed by atoms with Crippen molar-refractivity contribution in [3.05, 3.63) is 18.0 Å². The van der Waals surface area contributed by atoms with Crippen molar-refractivity contribution in [2.24, 2.45) is 18.4 Å². The SMILES string of the molecule is CC1CCCC(Cc2ccn(C)n2)(C(=O)O)C1. The maximum Gasteiger partial charge on any atom is 0.310 e. The lowest BCUT2D eigenvalue weighted by atomic mass is 9.67. The van der Waals surface area contributed by atoms with Crippen LogP contribution in [0.2, 0.25) is 0 Å². The molecule has 0 aliphatic heterocycles. The first kappa shape index (κ1) is 12.1. The van der Waals surface area contributed by atoms with Crippen LogP contribution in [0.4, 0.5) is 0 Å². The van der Waals surface area contributed by atoms with Crippen LogP contribution in [0, 0.1) is 11.3 Å². The summed E-state index contributed by atoms with van der Waals surface area (Å²) in [5.41, 5.74) is 0.301. The highest BCUT2D eigenvalue weighted by Gasteiger charge is 2.42. The van der Waals surface area contributed by atoms with E-state index in [1.165, 1.54) is 0 Å². The fourth-order valence-electron chi connectivity index (χ4n) is 2.99. The summed E-state index contributed by atoms with van der Waals surface area (Å²) in [4.78, 5) is 11.6. The molecular weight excluding hydrogens is 216 g/mol. The van der Waals surface area contributed by atoms with Crippen molar-refractivity contribution in [1.29, 1.82) is 0 Å². The number of nitrogens with zero attached hydrogens (tertiary/aromatic N) is 2. The van der Waals surface area contributed by atoms with Crippen LogP contribution >= 0.6 is 0 Å². The van der Waals surface area contributed by atoms with Gasteiger partial charge in [0.15, 0.2) is 0 Å². The Hall–Kier alpha value is -1.32. The third kappa shape index (κ3) is 2.51. The van der Waals surface area contributed by atoms with Crippen LogP contribution in [0.25, 0.3) is 0 Å². The molecule has 1 aliphatic carbocycles. The first-order valence-electron chi connectivity index (χ1n) is 6.24. The molecule has 1 aromatic heterocycles. The van der Waals surface area contributed by atoms with E-state index in [1.54, 1.807) is 4.68 Å². The van der Waals surface area contributed by atoms with Crippen LogP contribution in [0.3, 0.4) is 0 Å². The van der Waals surface area contributed by atoms with Crippen molar-refractivity contribution in [3.63, 3.8) is 0 Å². The molecule has 0 bridgehead atoms. The van der Waals surface area contributed by atoms with Gasteiger partial charge in [0, 0.05) is 19.7 Å². The van der Waals surface area contributed by atoms with Gasteiger partial charge in [-0.25, -0.2) is 0 Å². The Balaban J connectivity index is 2.19.